The van der Waals surface area contributed by atoms with Crippen LogP contribution in [0, 0.1) is 23.7 Å². The Kier molecular flexibility index (Phi) is 46.0. The smallest absolute Gasteiger partial charge is 0.246 e. The summed E-state index contributed by atoms with van der Waals surface area (Å²) in [6.07, 6.45) is 1.85. The molecule has 0 aliphatic carbocycles. The third kappa shape index (κ3) is 36.9. The second-order valence-corrected chi connectivity index (χ2v) is 38.1. The lowest BCUT2D eigenvalue weighted by atomic mass is 9.92. The van der Waals surface area contributed by atoms with E-state index in [1.54, 1.807) is 60.8 Å². The van der Waals surface area contributed by atoms with Crippen LogP contribution in [0.3, 0.4) is 0 Å². The van der Waals surface area contributed by atoms with Crippen LogP contribution in [-0.4, -0.2) is 259 Å². The van der Waals surface area contributed by atoms with Crippen LogP contribution in [0.25, 0.3) is 10.9 Å². The number of H-pyrrole nitrogens is 1. The number of Topliss-reactive ketones (excluding diaryl/α,β-unsaturated/α-hetero) is 4. The molecule has 0 spiro atoms. The van der Waals surface area contributed by atoms with E-state index in [1.165, 1.54) is 131 Å². The molecule has 5 rings (SSSR count). The van der Waals surface area contributed by atoms with E-state index < -0.39 is 226 Å². The fraction of sp³-hybridized carbons (Fsp3) is 0.581. The van der Waals surface area contributed by atoms with E-state index in [2.05, 4.69) is 84.7 Å². The van der Waals surface area contributed by atoms with Crippen LogP contribution >= 0.6 is 23.5 Å². The van der Waals surface area contributed by atoms with Gasteiger partial charge in [-0.05, 0) is 160 Å². The van der Waals surface area contributed by atoms with Crippen LogP contribution in [0.4, 0.5) is 0 Å². The van der Waals surface area contributed by atoms with E-state index in [-0.39, 0.29) is 80.7 Å². The topological polar surface area (TPSA) is 613 Å². The highest BCUT2D eigenvalue weighted by Gasteiger charge is 2.44. The molecule has 0 saturated carbocycles. The van der Waals surface area contributed by atoms with Crippen LogP contribution in [-0.2, 0) is 110 Å². The normalized spacial score (nSPS) is 22.2. The van der Waals surface area contributed by atoms with Gasteiger partial charge in [-0.3, -0.25) is 91.1 Å². The Labute approximate surface area is 790 Å². The number of nitrogens with two attached hydrogens (primary N) is 2. The molecule has 2 heterocycles. The van der Waals surface area contributed by atoms with Crippen molar-refractivity contribution in [2.45, 2.75) is 284 Å². The number of aromatic hydroxyl groups is 1. The first-order valence-electron chi connectivity index (χ1n) is 45.3. The fourth-order valence-corrected chi connectivity index (χ4v) is 16.7. The molecule has 39 nitrogen and oxygen atoms in total. The highest BCUT2D eigenvalue weighted by Crippen LogP contribution is 2.25. The number of aliphatic hydroxyl groups excluding tert-OH is 1. The highest BCUT2D eigenvalue weighted by atomic mass is 32.2. The average molecular weight is 1910 g/mol. The second kappa shape index (κ2) is 54.6. The number of carbonyl (C=O) groups excluding carboxylic acids is 19. The zero-order chi connectivity index (χ0) is 100. The molecule has 1 saturated heterocycles. The second-order valence-electron chi connectivity index (χ2n) is 35.9. The summed E-state index contributed by atoms with van der Waals surface area (Å²) in [7, 11) is 0. The van der Waals surface area contributed by atoms with Crippen molar-refractivity contribution in [3.63, 3.8) is 0 Å². The Hall–Kier alpha value is -11.7. The maximum absolute atomic E-state index is 15.3. The van der Waals surface area contributed by atoms with Gasteiger partial charge < -0.3 is 106 Å². The van der Waals surface area contributed by atoms with Gasteiger partial charge in [-0.2, -0.15) is 23.5 Å². The summed E-state index contributed by atoms with van der Waals surface area (Å²) in [4.78, 5) is 269. The molecular weight excluding hydrogens is 1770 g/mol. The van der Waals surface area contributed by atoms with E-state index in [9.17, 15) is 77.3 Å². The lowest BCUT2D eigenvalue weighted by Gasteiger charge is -2.33. The number of phenolic OH excluding ortho intramolecular Hbond substituents is 1. The number of rotatable bonds is 36. The summed E-state index contributed by atoms with van der Waals surface area (Å²) >= 11 is 2.57. The zero-order valence-corrected chi connectivity index (χ0v) is 81.0. The molecule has 738 valence electrons. The van der Waals surface area contributed by atoms with E-state index in [0.717, 1.165) is 0 Å². The Morgan fingerprint density at radius 2 is 1.08 bits per heavy atom. The number of amides is 15. The van der Waals surface area contributed by atoms with Crippen LogP contribution in [0.2, 0.25) is 0 Å². The van der Waals surface area contributed by atoms with Crippen molar-refractivity contribution >= 4 is 146 Å². The molecule has 18 atom stereocenters. The van der Waals surface area contributed by atoms with Gasteiger partial charge in [0.15, 0.2) is 0 Å². The third-order valence-corrected chi connectivity index (χ3v) is 25.3. The Bertz CT molecular complexity index is 4770. The summed E-state index contributed by atoms with van der Waals surface area (Å²) < 4.78 is 0. The van der Waals surface area contributed by atoms with Crippen molar-refractivity contribution in [2.75, 3.05) is 36.1 Å². The molecule has 0 bridgehead atoms. The molecule has 1 aliphatic rings. The SMILES string of the molecule is CC(=O)N[C@@H](CC(C)C)C(=O)N[C@H](C(=O)N[C@@H](Cc1ccccc1)C(=O)N[C@]1(C)CSCCCCCCCSC[C@@](C)(C(=O)NC(C)C(=O)N[C@@H](C)C(=O)NC(C)C(=O)N[C@@H](C)C(=O)C(=O)[C@H](C)NC[C@H](C)C(N)=O)NC(=O)[C@H](CC(C)C)CN[C@@H](CCC(N)=O)C(=O)C(=O)C(C)NC(=O)[C@H](Cc2c[nH]c3ccccc23)NC(=O)[C@H](Cc2ccc(O)cc2)NC(=O)C(C)NC1=O)[C@@H](C)O. The van der Waals surface area contributed by atoms with E-state index >= 15 is 24.0 Å². The average Bonchev–Trinajstić information content (AvgIpc) is 1.63. The van der Waals surface area contributed by atoms with Crippen LogP contribution < -0.4 is 91.2 Å². The minimum atomic E-state index is -1.95. The molecule has 15 amide bonds. The van der Waals surface area contributed by atoms with Gasteiger partial charge in [0, 0.05) is 80.2 Å². The predicted octanol–water partition coefficient (Wildman–Crippen LogP) is 0.243. The van der Waals surface area contributed by atoms with Gasteiger partial charge in [-0.1, -0.05) is 115 Å². The standard InChI is InChI=1S/C93H138N18O21S2/c1-49(2)39-64-46-98-68(35-36-73(94)115)78(119)77(118)54(8)100-85(126)72(43-63-45-97-67-30-24-23-29-66(63)67)107-86(127)70(42-62-31-33-65(114)34-32-62)106-83(124)58(12)104-91(132)93(16,111-88(129)71(41-61-27-21-20-22-28-61)108-89(130)74(59(13)112)109-87(128)69(40-50(3)4)105-60(14)113)48-134-38-26-19-17-18-25-37-133-47-92(15,110-84(64)125)90(131)103-57(11)82(123)102-56(10)81(122)101-55(9)80(121)99-53(7)76(117)75(116)52(6)96-44-51(5)79(95)120/h20-24,27-34,45,49-59,64,68-72,74,96-98,112,114H,17-19,25-26,35-44,46-48H2,1-16H3,(H2,94,115)(H2,95,120)(H,99,121)(H,100,126)(H,101,122)(H,102,123)(H,103,131)(H,104,132)(H,105,113)(H,106,124)(H,107,127)(H,108,130)(H,109,128)(H,110,125)(H,111,129)/t51-,52-,53-,54?,55?,56-,57?,58?,59+,64+,68-,69-,70-,71-,72-,74-,92-,93+/m0/s1. The third-order valence-electron chi connectivity index (χ3n) is 22.6. The number of thioether (sulfide) groups is 2. The number of primary amides is 2. The number of benzene rings is 3. The van der Waals surface area contributed by atoms with Crippen molar-refractivity contribution < 1.29 is 101 Å². The first-order chi connectivity index (χ1) is 62.9. The van der Waals surface area contributed by atoms with Crippen LogP contribution in [0.1, 0.15) is 185 Å². The first-order valence-corrected chi connectivity index (χ1v) is 47.6. The van der Waals surface area contributed by atoms with Gasteiger partial charge in [0.25, 0.3) is 0 Å². The van der Waals surface area contributed by atoms with Crippen LogP contribution in [0.5, 0.6) is 5.75 Å². The number of carbonyl (C=O) groups is 19. The van der Waals surface area contributed by atoms with Crippen molar-refractivity contribution in [1.82, 2.24) is 84.7 Å². The summed E-state index contributed by atoms with van der Waals surface area (Å²) in [5.74, 6) is -18.6. The highest BCUT2D eigenvalue weighted by molar-refractivity contribution is 7.99. The number of aromatic nitrogens is 1. The molecule has 3 aromatic carbocycles. The number of nitrogens with one attached hydrogen (secondary N) is 16. The van der Waals surface area contributed by atoms with E-state index in [0.29, 0.717) is 71.2 Å². The van der Waals surface area contributed by atoms with Crippen molar-refractivity contribution in [1.29, 1.82) is 0 Å². The quantitative estimate of drug-likeness (QED) is 0.0271. The number of aromatic amines is 1. The van der Waals surface area contributed by atoms with E-state index in [1.807, 2.05) is 27.7 Å². The van der Waals surface area contributed by atoms with Crippen molar-refractivity contribution in [3.05, 3.63) is 102 Å². The number of fused-ring (bicyclic) bond motifs is 1. The van der Waals surface area contributed by atoms with Gasteiger partial charge in [-0.25, -0.2) is 0 Å². The first kappa shape index (κ1) is 113. The summed E-state index contributed by atoms with van der Waals surface area (Å²) in [5.41, 5.74) is 9.21. The number of phenols is 1. The maximum atomic E-state index is 15.3. The molecular formula is C93H138N18O21S2. The van der Waals surface area contributed by atoms with Gasteiger partial charge in [0.05, 0.1) is 36.2 Å². The molecule has 1 aliphatic heterocycles. The summed E-state index contributed by atoms with van der Waals surface area (Å²) in [6.45, 7) is 22.9. The number of ketones is 4. The van der Waals surface area contributed by atoms with Gasteiger partial charge in [0.2, 0.25) is 112 Å². The van der Waals surface area contributed by atoms with Crippen LogP contribution in [0.15, 0.2) is 85.1 Å². The molecule has 134 heavy (non-hydrogen) atoms. The Balaban J connectivity index is 1.53. The molecule has 1 aromatic heterocycles. The maximum Gasteiger partial charge on any atom is 0.246 e. The van der Waals surface area contributed by atoms with Gasteiger partial charge >= 0.3 is 0 Å². The summed E-state index contributed by atoms with van der Waals surface area (Å²) in [5, 5.41) is 62.0. The predicted molar refractivity (Wildman–Crippen MR) is 506 cm³/mol. The number of hydrogen-bond donors (Lipinski definition) is 20. The molecule has 22 N–H and O–H groups in total. The Morgan fingerprint density at radius 3 is 1.66 bits per heavy atom. The number of aliphatic hydroxyl groups is 1. The lowest BCUT2D eigenvalue weighted by Crippen LogP contribution is -2.65. The van der Waals surface area contributed by atoms with Gasteiger partial charge in [-0.15, -0.1) is 0 Å². The van der Waals surface area contributed by atoms with E-state index in [4.69, 9.17) is 11.5 Å². The molecule has 1 fully saturated rings. The molecule has 41 heteroatoms. The van der Waals surface area contributed by atoms with Crippen molar-refractivity contribution in [3.8, 4) is 5.75 Å². The zero-order valence-electron chi connectivity index (χ0n) is 79.3. The van der Waals surface area contributed by atoms with Crippen molar-refractivity contribution in [2.24, 2.45) is 35.1 Å². The Morgan fingerprint density at radius 1 is 0.530 bits per heavy atom. The molecule has 4 aromatic rings. The monoisotopic (exact) mass is 1910 g/mol. The lowest BCUT2D eigenvalue weighted by molar-refractivity contribution is -0.140. The minimum Gasteiger partial charge on any atom is -0.508 e. The molecule has 0 radical (unpaired) electrons. The number of para-hydroxylation sites is 1. The summed E-state index contributed by atoms with van der Waals surface area (Å²) in [6, 6.07) is 2.48. The largest absolute Gasteiger partial charge is 0.508 e. The fourth-order valence-electron chi connectivity index (χ4n) is 14.4. The number of hydrogen-bond acceptors (Lipinski definition) is 25. The molecule has 4 unspecified atom stereocenters. The van der Waals surface area contributed by atoms with Gasteiger partial charge in [0.1, 0.15) is 71.2 Å². The minimum absolute atomic E-state index is 0.00344.